The number of ether oxygens (including phenoxy) is 1. The van der Waals surface area contributed by atoms with E-state index in [0.717, 1.165) is 0 Å². The summed E-state index contributed by atoms with van der Waals surface area (Å²) >= 11 is 0. The minimum atomic E-state index is -0.501. The monoisotopic (exact) mass is 193 g/mol. The van der Waals surface area contributed by atoms with Gasteiger partial charge in [-0.15, -0.1) is 0 Å². The summed E-state index contributed by atoms with van der Waals surface area (Å²) < 4.78 is 4.54. The van der Waals surface area contributed by atoms with Gasteiger partial charge in [0.15, 0.2) is 0 Å². The molecule has 0 saturated heterocycles. The Morgan fingerprint density at radius 3 is 2.43 bits per heavy atom. The lowest BCUT2D eigenvalue weighted by Gasteiger charge is -2.03. The molecule has 0 unspecified atom stereocenters. The fraction of sp³-hybridized carbons (Fsp3) is 0.200. The molecule has 0 aliphatic rings. The van der Waals surface area contributed by atoms with Crippen molar-refractivity contribution in [2.75, 3.05) is 7.11 Å². The second-order valence-electron chi connectivity index (χ2n) is 2.89. The summed E-state index contributed by atoms with van der Waals surface area (Å²) in [5.74, 6) is -0.928. The molecule has 1 amide bonds. The Kier molecular flexibility index (Phi) is 2.86. The van der Waals surface area contributed by atoms with Crippen LogP contribution in [0.15, 0.2) is 18.2 Å². The maximum absolute atomic E-state index is 11.1. The molecule has 0 fully saturated rings. The number of benzene rings is 1. The Bertz CT molecular complexity index is 385. The van der Waals surface area contributed by atoms with E-state index >= 15 is 0 Å². The van der Waals surface area contributed by atoms with Gasteiger partial charge in [-0.1, -0.05) is 0 Å². The summed E-state index contributed by atoms with van der Waals surface area (Å²) in [5.41, 5.74) is 6.61. The number of esters is 1. The van der Waals surface area contributed by atoms with Crippen molar-refractivity contribution in [2.24, 2.45) is 5.73 Å². The highest BCUT2D eigenvalue weighted by atomic mass is 16.5. The van der Waals surface area contributed by atoms with Crippen LogP contribution in [0.3, 0.4) is 0 Å². The molecular weight excluding hydrogens is 182 g/mol. The van der Waals surface area contributed by atoms with E-state index in [1.54, 1.807) is 13.0 Å². The van der Waals surface area contributed by atoms with Gasteiger partial charge < -0.3 is 10.5 Å². The smallest absolute Gasteiger partial charge is 0.337 e. The van der Waals surface area contributed by atoms with E-state index in [2.05, 4.69) is 4.74 Å². The fourth-order valence-corrected chi connectivity index (χ4v) is 1.18. The highest BCUT2D eigenvalue weighted by Gasteiger charge is 2.09. The van der Waals surface area contributed by atoms with Gasteiger partial charge in [0.1, 0.15) is 0 Å². The maximum Gasteiger partial charge on any atom is 0.337 e. The number of nitrogens with two attached hydrogens (primary N) is 1. The van der Waals surface area contributed by atoms with E-state index in [1.165, 1.54) is 19.2 Å². The molecule has 0 atom stereocenters. The summed E-state index contributed by atoms with van der Waals surface area (Å²) in [6.07, 6.45) is 0. The van der Waals surface area contributed by atoms with E-state index in [0.29, 0.717) is 16.7 Å². The third kappa shape index (κ3) is 1.90. The van der Waals surface area contributed by atoms with Gasteiger partial charge in [0.2, 0.25) is 5.91 Å². The van der Waals surface area contributed by atoms with Gasteiger partial charge in [0.25, 0.3) is 0 Å². The molecule has 2 N–H and O–H groups in total. The second kappa shape index (κ2) is 3.91. The number of amides is 1. The molecule has 4 nitrogen and oxygen atoms in total. The van der Waals surface area contributed by atoms with Crippen LogP contribution in [-0.2, 0) is 4.74 Å². The molecule has 0 aliphatic heterocycles. The number of hydrogen-bond donors (Lipinski definition) is 1. The van der Waals surface area contributed by atoms with E-state index in [9.17, 15) is 9.59 Å². The number of aryl methyl sites for hydroxylation is 1. The Morgan fingerprint density at radius 1 is 1.36 bits per heavy atom. The molecule has 0 spiro atoms. The lowest BCUT2D eigenvalue weighted by Crippen LogP contribution is -2.13. The van der Waals surface area contributed by atoms with Crippen molar-refractivity contribution in [1.82, 2.24) is 0 Å². The predicted molar refractivity (Wildman–Crippen MR) is 51.0 cm³/mol. The number of carbonyl (C=O) groups is 2. The van der Waals surface area contributed by atoms with Crippen molar-refractivity contribution < 1.29 is 14.3 Å². The van der Waals surface area contributed by atoms with Crippen LogP contribution >= 0.6 is 0 Å². The molecule has 0 heterocycles. The van der Waals surface area contributed by atoms with E-state index in [1.807, 2.05) is 0 Å². The van der Waals surface area contributed by atoms with E-state index < -0.39 is 11.9 Å². The standard InChI is InChI=1S/C10H11NO3/c1-6-5-7(10(13)14-2)3-4-8(6)9(11)12/h3-5H,1-2H3,(H2,11,12). The van der Waals surface area contributed by atoms with Gasteiger partial charge in [-0.05, 0) is 30.7 Å². The van der Waals surface area contributed by atoms with Crippen LogP contribution in [0.5, 0.6) is 0 Å². The van der Waals surface area contributed by atoms with Gasteiger partial charge in [-0.2, -0.15) is 0 Å². The van der Waals surface area contributed by atoms with Crippen LogP contribution in [0.4, 0.5) is 0 Å². The number of methoxy groups -OCH3 is 1. The molecule has 4 heteroatoms. The first-order valence-corrected chi connectivity index (χ1v) is 4.05. The summed E-state index contributed by atoms with van der Waals surface area (Å²) in [6, 6.07) is 4.61. The van der Waals surface area contributed by atoms with Crippen molar-refractivity contribution in [3.05, 3.63) is 34.9 Å². The third-order valence-corrected chi connectivity index (χ3v) is 1.91. The lowest BCUT2D eigenvalue weighted by atomic mass is 10.0. The van der Waals surface area contributed by atoms with E-state index in [4.69, 9.17) is 5.73 Å². The largest absolute Gasteiger partial charge is 0.465 e. The van der Waals surface area contributed by atoms with E-state index in [-0.39, 0.29) is 0 Å². The van der Waals surface area contributed by atoms with Gasteiger partial charge in [0.05, 0.1) is 12.7 Å². The topological polar surface area (TPSA) is 69.4 Å². The summed E-state index contributed by atoms with van der Waals surface area (Å²) in [6.45, 7) is 1.71. The zero-order valence-electron chi connectivity index (χ0n) is 8.03. The molecule has 1 rings (SSSR count). The first kappa shape index (κ1) is 10.2. The van der Waals surface area contributed by atoms with Crippen molar-refractivity contribution >= 4 is 11.9 Å². The molecule has 0 radical (unpaired) electrons. The van der Waals surface area contributed by atoms with Crippen LogP contribution < -0.4 is 5.73 Å². The predicted octanol–water partition coefficient (Wildman–Crippen LogP) is 0.881. The van der Waals surface area contributed by atoms with Crippen molar-refractivity contribution in [3.8, 4) is 0 Å². The Hall–Kier alpha value is -1.84. The summed E-state index contributed by atoms with van der Waals surface area (Å²) in [7, 11) is 1.31. The average Bonchev–Trinajstić information content (AvgIpc) is 2.15. The van der Waals surface area contributed by atoms with Gasteiger partial charge in [-0.3, -0.25) is 4.79 Å². The Balaban J connectivity index is 3.12. The third-order valence-electron chi connectivity index (χ3n) is 1.91. The number of hydrogen-bond acceptors (Lipinski definition) is 3. The Morgan fingerprint density at radius 2 is 2.00 bits per heavy atom. The Labute approximate surface area is 81.7 Å². The maximum atomic E-state index is 11.1. The SMILES string of the molecule is COC(=O)c1ccc(C(N)=O)c(C)c1. The molecule has 0 saturated carbocycles. The van der Waals surface area contributed by atoms with Crippen LogP contribution in [0.2, 0.25) is 0 Å². The van der Waals surface area contributed by atoms with Gasteiger partial charge >= 0.3 is 5.97 Å². The minimum Gasteiger partial charge on any atom is -0.465 e. The molecule has 74 valence electrons. The van der Waals surface area contributed by atoms with Crippen LogP contribution in [0.1, 0.15) is 26.3 Å². The zero-order chi connectivity index (χ0) is 10.7. The molecule has 14 heavy (non-hydrogen) atoms. The van der Waals surface area contributed by atoms with Crippen LogP contribution in [0, 0.1) is 6.92 Å². The lowest BCUT2D eigenvalue weighted by molar-refractivity contribution is 0.0600. The highest BCUT2D eigenvalue weighted by molar-refractivity contribution is 5.96. The van der Waals surface area contributed by atoms with Gasteiger partial charge in [0, 0.05) is 5.56 Å². The molecule has 1 aromatic carbocycles. The zero-order valence-corrected chi connectivity index (χ0v) is 8.03. The number of carbonyl (C=O) groups excluding carboxylic acids is 2. The normalized spacial score (nSPS) is 9.57. The fourth-order valence-electron chi connectivity index (χ4n) is 1.18. The summed E-state index contributed by atoms with van der Waals surface area (Å²) in [5, 5.41) is 0. The molecule has 0 aliphatic carbocycles. The molecule has 0 aromatic heterocycles. The first-order chi connectivity index (χ1) is 6.56. The van der Waals surface area contributed by atoms with Crippen molar-refractivity contribution in [1.29, 1.82) is 0 Å². The molecular formula is C10H11NO3. The molecule has 0 bridgehead atoms. The molecule has 1 aromatic rings. The first-order valence-electron chi connectivity index (χ1n) is 4.05. The highest BCUT2D eigenvalue weighted by Crippen LogP contribution is 2.11. The number of rotatable bonds is 2. The number of primary amides is 1. The van der Waals surface area contributed by atoms with Gasteiger partial charge in [-0.25, -0.2) is 4.79 Å². The second-order valence-corrected chi connectivity index (χ2v) is 2.89. The van der Waals surface area contributed by atoms with Crippen LogP contribution in [-0.4, -0.2) is 19.0 Å². The van der Waals surface area contributed by atoms with Crippen molar-refractivity contribution in [3.63, 3.8) is 0 Å². The van der Waals surface area contributed by atoms with Crippen molar-refractivity contribution in [2.45, 2.75) is 6.92 Å². The minimum absolute atomic E-state index is 0.412. The quantitative estimate of drug-likeness (QED) is 0.709. The summed E-state index contributed by atoms with van der Waals surface area (Å²) in [4.78, 5) is 22.0. The van der Waals surface area contributed by atoms with Crippen LogP contribution in [0.25, 0.3) is 0 Å². The average molecular weight is 193 g/mol.